The lowest BCUT2D eigenvalue weighted by Crippen LogP contribution is -2.32. The van der Waals surface area contributed by atoms with Crippen LogP contribution in [0.1, 0.15) is 38.3 Å². The van der Waals surface area contributed by atoms with Crippen molar-refractivity contribution >= 4 is 21.6 Å². The fourth-order valence-corrected chi connectivity index (χ4v) is 4.48. The van der Waals surface area contributed by atoms with E-state index in [2.05, 4.69) is 20.8 Å². The maximum atomic E-state index is 12.5. The van der Waals surface area contributed by atoms with Crippen molar-refractivity contribution in [2.75, 3.05) is 13.1 Å². The molecule has 1 aliphatic rings. The monoisotopic (exact) mass is 329 g/mol. The lowest BCUT2D eigenvalue weighted by molar-refractivity contribution is 0.252. The highest BCUT2D eigenvalue weighted by atomic mass is 35.5. The van der Waals surface area contributed by atoms with Crippen LogP contribution in [-0.4, -0.2) is 25.8 Å². The Morgan fingerprint density at radius 3 is 2.24 bits per heavy atom. The van der Waals surface area contributed by atoms with Gasteiger partial charge >= 0.3 is 0 Å². The minimum absolute atomic E-state index is 0.0758. The molecule has 1 atom stereocenters. The van der Waals surface area contributed by atoms with Crippen molar-refractivity contribution < 1.29 is 8.42 Å². The lowest BCUT2D eigenvalue weighted by atomic mass is 9.80. The van der Waals surface area contributed by atoms with Crippen LogP contribution in [0.15, 0.2) is 24.3 Å². The molecule has 0 spiro atoms. The largest absolute Gasteiger partial charge is 0.218 e. The van der Waals surface area contributed by atoms with E-state index in [1.54, 1.807) is 4.31 Å². The number of hydrogen-bond donors (Lipinski definition) is 0. The molecular formula is C16H24ClNO2S. The SMILES string of the molecule is CC(C)(C)C1CCN(S(=O)(=O)Cc2ccc(CCl)cc2)C1. The van der Waals surface area contributed by atoms with Gasteiger partial charge in [-0.25, -0.2) is 12.7 Å². The highest BCUT2D eigenvalue weighted by molar-refractivity contribution is 7.88. The number of benzene rings is 1. The zero-order valence-corrected chi connectivity index (χ0v) is 14.5. The van der Waals surface area contributed by atoms with Crippen LogP contribution in [0, 0.1) is 11.3 Å². The van der Waals surface area contributed by atoms with Crippen molar-refractivity contribution in [1.82, 2.24) is 4.31 Å². The van der Waals surface area contributed by atoms with Crippen LogP contribution in [0.5, 0.6) is 0 Å². The van der Waals surface area contributed by atoms with E-state index < -0.39 is 10.0 Å². The summed E-state index contributed by atoms with van der Waals surface area (Å²) in [4.78, 5) is 0. The molecule has 1 aromatic rings. The molecule has 118 valence electrons. The average molecular weight is 330 g/mol. The number of alkyl halides is 1. The molecule has 0 amide bonds. The summed E-state index contributed by atoms with van der Waals surface area (Å²) in [6.45, 7) is 7.83. The number of rotatable bonds is 4. The summed E-state index contributed by atoms with van der Waals surface area (Å²) in [5.74, 6) is 0.963. The molecule has 2 rings (SSSR count). The van der Waals surface area contributed by atoms with Crippen LogP contribution < -0.4 is 0 Å². The van der Waals surface area contributed by atoms with Crippen LogP contribution >= 0.6 is 11.6 Å². The van der Waals surface area contributed by atoms with Gasteiger partial charge in [-0.1, -0.05) is 45.0 Å². The topological polar surface area (TPSA) is 37.4 Å². The molecule has 0 bridgehead atoms. The van der Waals surface area contributed by atoms with E-state index in [0.29, 0.717) is 24.9 Å². The van der Waals surface area contributed by atoms with Gasteiger partial charge in [0, 0.05) is 19.0 Å². The van der Waals surface area contributed by atoms with E-state index in [4.69, 9.17) is 11.6 Å². The molecule has 1 fully saturated rings. The van der Waals surface area contributed by atoms with Crippen molar-refractivity contribution in [2.24, 2.45) is 11.3 Å². The molecule has 1 aliphatic heterocycles. The molecular weight excluding hydrogens is 306 g/mol. The van der Waals surface area contributed by atoms with E-state index in [-0.39, 0.29) is 11.2 Å². The summed E-state index contributed by atoms with van der Waals surface area (Å²) >= 11 is 5.75. The third-order valence-electron chi connectivity index (χ3n) is 4.30. The molecule has 0 aliphatic carbocycles. The zero-order valence-electron chi connectivity index (χ0n) is 13.0. The van der Waals surface area contributed by atoms with Crippen LogP contribution in [0.3, 0.4) is 0 Å². The Hall–Kier alpha value is -0.580. The fourth-order valence-electron chi connectivity index (χ4n) is 2.71. The van der Waals surface area contributed by atoms with E-state index in [1.807, 2.05) is 24.3 Å². The molecule has 1 aromatic carbocycles. The first-order chi connectivity index (χ1) is 9.72. The highest BCUT2D eigenvalue weighted by Crippen LogP contribution is 2.35. The van der Waals surface area contributed by atoms with Crippen LogP contribution in [-0.2, 0) is 21.7 Å². The van der Waals surface area contributed by atoms with E-state index in [1.165, 1.54) is 0 Å². The van der Waals surface area contributed by atoms with Crippen LogP contribution in [0.25, 0.3) is 0 Å². The summed E-state index contributed by atoms with van der Waals surface area (Å²) in [5.41, 5.74) is 1.99. The molecule has 0 radical (unpaired) electrons. The second kappa shape index (κ2) is 6.27. The Labute approximate surface area is 133 Å². The summed E-state index contributed by atoms with van der Waals surface area (Å²) in [5, 5.41) is 0. The van der Waals surface area contributed by atoms with Crippen molar-refractivity contribution in [3.05, 3.63) is 35.4 Å². The van der Waals surface area contributed by atoms with Crippen molar-refractivity contribution in [1.29, 1.82) is 0 Å². The molecule has 1 heterocycles. The predicted octanol–water partition coefficient (Wildman–Crippen LogP) is 3.62. The number of sulfonamides is 1. The zero-order chi connectivity index (χ0) is 15.7. The molecule has 0 N–H and O–H groups in total. The lowest BCUT2D eigenvalue weighted by Gasteiger charge is -2.26. The summed E-state index contributed by atoms with van der Waals surface area (Å²) in [7, 11) is -3.23. The molecule has 1 saturated heterocycles. The number of hydrogen-bond acceptors (Lipinski definition) is 2. The van der Waals surface area contributed by atoms with Gasteiger partial charge in [0.1, 0.15) is 0 Å². The van der Waals surface area contributed by atoms with Crippen LogP contribution in [0.2, 0.25) is 0 Å². The van der Waals surface area contributed by atoms with Crippen molar-refractivity contribution in [2.45, 2.75) is 38.8 Å². The minimum atomic E-state index is -3.23. The summed E-state index contributed by atoms with van der Waals surface area (Å²) in [6.07, 6.45) is 0.952. The third-order valence-corrected chi connectivity index (χ3v) is 6.42. The first kappa shape index (κ1) is 16.8. The Kier molecular flexibility index (Phi) is 5.01. The van der Waals surface area contributed by atoms with Gasteiger partial charge in [-0.15, -0.1) is 11.6 Å². The predicted molar refractivity (Wildman–Crippen MR) is 87.8 cm³/mol. The Bertz CT molecular complexity index is 575. The smallest absolute Gasteiger partial charge is 0.212 e. The third kappa shape index (κ3) is 4.21. The standard InChI is InChI=1S/C16H24ClNO2S/c1-16(2,3)15-8-9-18(11-15)21(19,20)12-14-6-4-13(10-17)5-7-14/h4-7,15H,8-12H2,1-3H3. The minimum Gasteiger partial charge on any atom is -0.212 e. The fraction of sp³-hybridized carbons (Fsp3) is 0.625. The van der Waals surface area contributed by atoms with Crippen LogP contribution in [0.4, 0.5) is 0 Å². The maximum Gasteiger partial charge on any atom is 0.218 e. The number of nitrogens with zero attached hydrogens (tertiary/aromatic N) is 1. The first-order valence-electron chi connectivity index (χ1n) is 7.34. The van der Waals surface area contributed by atoms with Gasteiger partial charge in [0.05, 0.1) is 5.75 Å². The Morgan fingerprint density at radius 2 is 1.76 bits per heavy atom. The van der Waals surface area contributed by atoms with E-state index >= 15 is 0 Å². The highest BCUT2D eigenvalue weighted by Gasteiger charge is 2.36. The van der Waals surface area contributed by atoms with Gasteiger partial charge in [0.15, 0.2) is 0 Å². The van der Waals surface area contributed by atoms with Gasteiger partial charge in [0.2, 0.25) is 10.0 Å². The quantitative estimate of drug-likeness (QED) is 0.791. The van der Waals surface area contributed by atoms with E-state index in [9.17, 15) is 8.42 Å². The van der Waals surface area contributed by atoms with Gasteiger partial charge in [-0.2, -0.15) is 0 Å². The average Bonchev–Trinajstić information content (AvgIpc) is 2.89. The summed E-state index contributed by atoms with van der Waals surface area (Å²) in [6, 6.07) is 7.48. The molecule has 3 nitrogen and oxygen atoms in total. The van der Waals surface area contributed by atoms with Gasteiger partial charge in [0.25, 0.3) is 0 Å². The molecule has 5 heteroatoms. The first-order valence-corrected chi connectivity index (χ1v) is 9.48. The molecule has 0 saturated carbocycles. The van der Waals surface area contributed by atoms with Crippen molar-refractivity contribution in [3.63, 3.8) is 0 Å². The molecule has 0 aromatic heterocycles. The maximum absolute atomic E-state index is 12.5. The van der Waals surface area contributed by atoms with Gasteiger partial charge < -0.3 is 0 Å². The second-order valence-electron chi connectivity index (χ2n) is 6.92. The van der Waals surface area contributed by atoms with E-state index in [0.717, 1.165) is 17.5 Å². The molecule has 1 unspecified atom stereocenters. The Morgan fingerprint density at radius 1 is 1.19 bits per heavy atom. The summed E-state index contributed by atoms with van der Waals surface area (Å²) < 4.78 is 26.7. The number of halogens is 1. The Balaban J connectivity index is 2.05. The van der Waals surface area contributed by atoms with Gasteiger partial charge in [-0.3, -0.25) is 0 Å². The molecule has 21 heavy (non-hydrogen) atoms. The normalized spacial score (nSPS) is 20.9. The van der Waals surface area contributed by atoms with Gasteiger partial charge in [-0.05, 0) is 28.9 Å². The van der Waals surface area contributed by atoms with Crippen molar-refractivity contribution in [3.8, 4) is 0 Å². The second-order valence-corrected chi connectivity index (χ2v) is 9.15.